The van der Waals surface area contributed by atoms with E-state index >= 15 is 0 Å². The molecule has 1 saturated heterocycles. The lowest BCUT2D eigenvalue weighted by atomic mass is 10.0. The minimum absolute atomic E-state index is 0.221. The van der Waals surface area contributed by atoms with E-state index in [4.69, 9.17) is 0 Å². The number of piperidine rings is 1. The van der Waals surface area contributed by atoms with Crippen LogP contribution in [0.4, 0.5) is 0 Å². The van der Waals surface area contributed by atoms with Gasteiger partial charge in [0.05, 0.1) is 5.75 Å². The SMILES string of the molecule is CCCC(CC)NC1CCN(S(=O)(=O)CC)CC1. The summed E-state index contributed by atoms with van der Waals surface area (Å²) in [6, 6.07) is 1.08. The van der Waals surface area contributed by atoms with Crippen LogP contribution in [0.1, 0.15) is 52.9 Å². The Morgan fingerprint density at radius 1 is 1.22 bits per heavy atom. The molecule has 0 aromatic heterocycles. The Morgan fingerprint density at radius 2 is 1.83 bits per heavy atom. The molecule has 0 aromatic rings. The van der Waals surface area contributed by atoms with Gasteiger partial charge in [0.2, 0.25) is 10.0 Å². The van der Waals surface area contributed by atoms with Crippen molar-refractivity contribution < 1.29 is 8.42 Å². The van der Waals surface area contributed by atoms with E-state index in [1.54, 1.807) is 11.2 Å². The molecule has 1 heterocycles. The molecule has 0 aromatic carbocycles. The smallest absolute Gasteiger partial charge is 0.213 e. The second kappa shape index (κ2) is 7.46. The molecule has 0 bridgehead atoms. The van der Waals surface area contributed by atoms with Crippen LogP contribution in [0.25, 0.3) is 0 Å². The average molecular weight is 276 g/mol. The fraction of sp³-hybridized carbons (Fsp3) is 1.00. The Kier molecular flexibility index (Phi) is 6.60. The predicted molar refractivity (Wildman–Crippen MR) is 76.2 cm³/mol. The summed E-state index contributed by atoms with van der Waals surface area (Å²) in [5, 5.41) is 3.68. The maximum absolute atomic E-state index is 11.7. The summed E-state index contributed by atoms with van der Waals surface area (Å²) in [6.45, 7) is 7.49. The van der Waals surface area contributed by atoms with E-state index in [0.717, 1.165) is 19.3 Å². The molecule has 0 saturated carbocycles. The van der Waals surface area contributed by atoms with Gasteiger partial charge in [0, 0.05) is 25.2 Å². The molecule has 0 amide bonds. The van der Waals surface area contributed by atoms with Gasteiger partial charge in [-0.1, -0.05) is 20.3 Å². The van der Waals surface area contributed by atoms with E-state index in [1.165, 1.54) is 12.8 Å². The summed E-state index contributed by atoms with van der Waals surface area (Å²) >= 11 is 0. The van der Waals surface area contributed by atoms with Crippen molar-refractivity contribution in [3.05, 3.63) is 0 Å². The minimum atomic E-state index is -2.98. The first-order valence-electron chi connectivity index (χ1n) is 7.27. The van der Waals surface area contributed by atoms with Crippen LogP contribution in [0.2, 0.25) is 0 Å². The number of nitrogens with one attached hydrogen (secondary N) is 1. The zero-order chi connectivity index (χ0) is 13.6. The fourth-order valence-electron chi connectivity index (χ4n) is 2.57. The highest BCUT2D eigenvalue weighted by molar-refractivity contribution is 7.89. The van der Waals surface area contributed by atoms with Gasteiger partial charge in [-0.3, -0.25) is 0 Å². The third-order valence-electron chi connectivity index (χ3n) is 3.81. The molecule has 1 aliphatic rings. The second-order valence-corrected chi connectivity index (χ2v) is 7.39. The third kappa shape index (κ3) is 4.52. The molecule has 0 spiro atoms. The van der Waals surface area contributed by atoms with Crippen molar-refractivity contribution in [2.24, 2.45) is 0 Å². The van der Waals surface area contributed by atoms with Crippen molar-refractivity contribution in [2.75, 3.05) is 18.8 Å². The van der Waals surface area contributed by atoms with Crippen molar-refractivity contribution >= 4 is 10.0 Å². The standard InChI is InChI=1S/C13H28N2O2S/c1-4-7-12(5-2)14-13-8-10-15(11-9-13)18(16,17)6-3/h12-14H,4-11H2,1-3H3. The quantitative estimate of drug-likeness (QED) is 0.773. The van der Waals surface area contributed by atoms with Crippen LogP contribution < -0.4 is 5.32 Å². The molecule has 0 aliphatic carbocycles. The Morgan fingerprint density at radius 3 is 2.28 bits per heavy atom. The van der Waals surface area contributed by atoms with Gasteiger partial charge in [-0.25, -0.2) is 12.7 Å². The second-order valence-electron chi connectivity index (χ2n) is 5.13. The summed E-state index contributed by atoms with van der Waals surface area (Å²) in [5.41, 5.74) is 0. The summed E-state index contributed by atoms with van der Waals surface area (Å²) in [7, 11) is -2.98. The van der Waals surface area contributed by atoms with Gasteiger partial charge in [0.1, 0.15) is 0 Å². The van der Waals surface area contributed by atoms with E-state index in [9.17, 15) is 8.42 Å². The topological polar surface area (TPSA) is 49.4 Å². The maximum Gasteiger partial charge on any atom is 0.213 e. The Hall–Kier alpha value is -0.130. The number of sulfonamides is 1. The van der Waals surface area contributed by atoms with Gasteiger partial charge in [-0.2, -0.15) is 0 Å². The normalized spacial score (nSPS) is 21.1. The number of hydrogen-bond acceptors (Lipinski definition) is 3. The molecule has 1 rings (SSSR count). The minimum Gasteiger partial charge on any atom is -0.311 e. The van der Waals surface area contributed by atoms with Crippen LogP contribution in [-0.4, -0.2) is 43.6 Å². The highest BCUT2D eigenvalue weighted by Crippen LogP contribution is 2.16. The fourth-order valence-corrected chi connectivity index (χ4v) is 3.70. The first kappa shape index (κ1) is 15.9. The lowest BCUT2D eigenvalue weighted by molar-refractivity contribution is 0.266. The molecule has 1 fully saturated rings. The highest BCUT2D eigenvalue weighted by atomic mass is 32.2. The van der Waals surface area contributed by atoms with Crippen molar-refractivity contribution in [1.29, 1.82) is 0 Å². The number of rotatable bonds is 7. The molecule has 1 aliphatic heterocycles. The summed E-state index contributed by atoms with van der Waals surface area (Å²) < 4.78 is 25.1. The van der Waals surface area contributed by atoms with Crippen LogP contribution in [0, 0.1) is 0 Å². The van der Waals surface area contributed by atoms with Crippen LogP contribution >= 0.6 is 0 Å². The molecule has 1 atom stereocenters. The summed E-state index contributed by atoms with van der Waals surface area (Å²) in [6.07, 6.45) is 5.46. The van der Waals surface area contributed by atoms with E-state index in [-0.39, 0.29) is 5.75 Å². The third-order valence-corrected chi connectivity index (χ3v) is 5.69. The van der Waals surface area contributed by atoms with Gasteiger partial charge < -0.3 is 5.32 Å². The predicted octanol–water partition coefficient (Wildman–Crippen LogP) is 1.97. The van der Waals surface area contributed by atoms with E-state index < -0.39 is 10.0 Å². The first-order chi connectivity index (χ1) is 8.53. The Labute approximate surface area is 112 Å². The molecule has 1 unspecified atom stereocenters. The van der Waals surface area contributed by atoms with Crippen LogP contribution in [0.5, 0.6) is 0 Å². The molecular formula is C13H28N2O2S. The summed E-state index contributed by atoms with van der Waals surface area (Å²) in [5.74, 6) is 0.221. The molecular weight excluding hydrogens is 248 g/mol. The van der Waals surface area contributed by atoms with Crippen molar-refractivity contribution in [2.45, 2.75) is 65.0 Å². The van der Waals surface area contributed by atoms with Crippen LogP contribution in [0.15, 0.2) is 0 Å². The van der Waals surface area contributed by atoms with Crippen molar-refractivity contribution in [3.63, 3.8) is 0 Å². The molecule has 18 heavy (non-hydrogen) atoms. The van der Waals surface area contributed by atoms with Gasteiger partial charge in [-0.05, 0) is 32.6 Å². The Bertz CT molecular complexity index is 322. The van der Waals surface area contributed by atoms with E-state index in [1.807, 2.05) is 0 Å². The zero-order valence-electron chi connectivity index (χ0n) is 12.0. The molecule has 5 heteroatoms. The molecule has 4 nitrogen and oxygen atoms in total. The number of hydrogen-bond donors (Lipinski definition) is 1. The van der Waals surface area contributed by atoms with Crippen LogP contribution in [0.3, 0.4) is 0 Å². The number of nitrogens with zero attached hydrogens (tertiary/aromatic N) is 1. The van der Waals surface area contributed by atoms with Gasteiger partial charge in [0.25, 0.3) is 0 Å². The maximum atomic E-state index is 11.7. The van der Waals surface area contributed by atoms with Gasteiger partial charge in [0.15, 0.2) is 0 Å². The lowest BCUT2D eigenvalue weighted by Gasteiger charge is -2.33. The molecule has 0 radical (unpaired) electrons. The first-order valence-corrected chi connectivity index (χ1v) is 8.88. The Balaban J connectivity index is 2.39. The molecule has 1 N–H and O–H groups in total. The lowest BCUT2D eigenvalue weighted by Crippen LogP contribution is -2.47. The van der Waals surface area contributed by atoms with E-state index in [0.29, 0.717) is 25.2 Å². The average Bonchev–Trinajstić information content (AvgIpc) is 2.39. The largest absolute Gasteiger partial charge is 0.311 e. The van der Waals surface area contributed by atoms with Gasteiger partial charge in [-0.15, -0.1) is 0 Å². The van der Waals surface area contributed by atoms with E-state index in [2.05, 4.69) is 19.2 Å². The van der Waals surface area contributed by atoms with Crippen LogP contribution in [-0.2, 0) is 10.0 Å². The highest BCUT2D eigenvalue weighted by Gasteiger charge is 2.27. The van der Waals surface area contributed by atoms with Crippen molar-refractivity contribution in [3.8, 4) is 0 Å². The monoisotopic (exact) mass is 276 g/mol. The molecule has 108 valence electrons. The zero-order valence-corrected chi connectivity index (χ0v) is 12.8. The van der Waals surface area contributed by atoms with Gasteiger partial charge >= 0.3 is 0 Å². The van der Waals surface area contributed by atoms with Crippen molar-refractivity contribution in [1.82, 2.24) is 9.62 Å². The summed E-state index contributed by atoms with van der Waals surface area (Å²) in [4.78, 5) is 0.